The molecule has 2 aliphatic rings. The Balaban J connectivity index is 1.64. The van der Waals surface area contributed by atoms with E-state index in [2.05, 4.69) is 5.32 Å². The molecule has 0 spiro atoms. The molecule has 3 heterocycles. The summed E-state index contributed by atoms with van der Waals surface area (Å²) >= 11 is 0. The van der Waals surface area contributed by atoms with Gasteiger partial charge in [-0.25, -0.2) is 0 Å². The molecule has 3 rings (SSSR count). The number of furan rings is 1. The maximum atomic E-state index is 12.3. The molecule has 98 valence electrons. The Kier molecular flexibility index (Phi) is 3.37. The first kappa shape index (κ1) is 11.8. The third-order valence-corrected chi connectivity index (χ3v) is 4.18. The number of nitrogens with zero attached hydrogens (tertiary/aromatic N) is 1. The van der Waals surface area contributed by atoms with E-state index in [9.17, 15) is 4.79 Å². The fourth-order valence-electron chi connectivity index (χ4n) is 3.21. The van der Waals surface area contributed by atoms with Crippen molar-refractivity contribution in [2.45, 2.75) is 31.7 Å². The molecule has 1 N–H and O–H groups in total. The fraction of sp³-hybridized carbons (Fsp3) is 0.643. The van der Waals surface area contributed by atoms with Crippen LogP contribution in [0.25, 0.3) is 0 Å². The maximum absolute atomic E-state index is 12.3. The van der Waals surface area contributed by atoms with Gasteiger partial charge in [0.1, 0.15) is 6.26 Å². The summed E-state index contributed by atoms with van der Waals surface area (Å²) in [6, 6.07) is 2.37. The number of amides is 1. The van der Waals surface area contributed by atoms with Crippen LogP contribution in [0.1, 0.15) is 36.0 Å². The molecule has 0 aromatic carbocycles. The van der Waals surface area contributed by atoms with Gasteiger partial charge in [-0.15, -0.1) is 0 Å². The van der Waals surface area contributed by atoms with Gasteiger partial charge in [0.2, 0.25) is 0 Å². The van der Waals surface area contributed by atoms with Crippen molar-refractivity contribution in [2.75, 3.05) is 19.6 Å². The van der Waals surface area contributed by atoms with Crippen molar-refractivity contribution in [1.29, 1.82) is 0 Å². The zero-order chi connectivity index (χ0) is 12.4. The van der Waals surface area contributed by atoms with Gasteiger partial charge in [-0.05, 0) is 44.2 Å². The zero-order valence-electron chi connectivity index (χ0n) is 10.6. The molecular formula is C14H20N2O2. The van der Waals surface area contributed by atoms with Crippen molar-refractivity contribution in [2.24, 2.45) is 5.92 Å². The van der Waals surface area contributed by atoms with Gasteiger partial charge in [0.25, 0.3) is 5.91 Å². The second-order valence-corrected chi connectivity index (χ2v) is 5.37. The second kappa shape index (κ2) is 5.14. The van der Waals surface area contributed by atoms with Crippen molar-refractivity contribution in [3.8, 4) is 0 Å². The summed E-state index contributed by atoms with van der Waals surface area (Å²) in [5.74, 6) is 0.739. The van der Waals surface area contributed by atoms with Crippen LogP contribution in [0.4, 0.5) is 0 Å². The van der Waals surface area contributed by atoms with E-state index in [1.54, 1.807) is 18.6 Å². The molecule has 0 bridgehead atoms. The average Bonchev–Trinajstić information content (AvgIpc) is 3.11. The standard InChI is InChI=1S/C14H20N2O2/c17-14(12-5-8-18-10-12)16-7-2-3-11(9-16)13-4-1-6-15-13/h5,8,10-11,13,15H,1-4,6-7,9H2. The van der Waals surface area contributed by atoms with Crippen LogP contribution in [0.2, 0.25) is 0 Å². The number of hydrogen-bond acceptors (Lipinski definition) is 3. The first-order chi connectivity index (χ1) is 8.84. The summed E-state index contributed by atoms with van der Waals surface area (Å²) in [4.78, 5) is 14.3. The number of carbonyl (C=O) groups is 1. The molecule has 18 heavy (non-hydrogen) atoms. The molecule has 1 aromatic rings. The van der Waals surface area contributed by atoms with E-state index in [-0.39, 0.29) is 5.91 Å². The predicted octanol–water partition coefficient (Wildman–Crippen LogP) is 1.88. The smallest absolute Gasteiger partial charge is 0.257 e. The number of carbonyl (C=O) groups excluding carboxylic acids is 1. The topological polar surface area (TPSA) is 45.5 Å². The molecule has 2 atom stereocenters. The lowest BCUT2D eigenvalue weighted by atomic mass is 9.89. The Labute approximate surface area is 107 Å². The Morgan fingerprint density at radius 3 is 3.06 bits per heavy atom. The number of rotatable bonds is 2. The summed E-state index contributed by atoms with van der Waals surface area (Å²) in [6.45, 7) is 2.91. The quantitative estimate of drug-likeness (QED) is 0.869. The van der Waals surface area contributed by atoms with E-state index in [0.717, 1.165) is 26.1 Å². The maximum Gasteiger partial charge on any atom is 0.257 e. The van der Waals surface area contributed by atoms with Crippen LogP contribution < -0.4 is 5.32 Å². The van der Waals surface area contributed by atoms with Gasteiger partial charge < -0.3 is 14.6 Å². The van der Waals surface area contributed by atoms with Crippen LogP contribution in [-0.2, 0) is 0 Å². The lowest BCUT2D eigenvalue weighted by Gasteiger charge is -2.35. The van der Waals surface area contributed by atoms with Gasteiger partial charge in [-0.1, -0.05) is 0 Å². The normalized spacial score (nSPS) is 28.6. The summed E-state index contributed by atoms with van der Waals surface area (Å²) in [6.07, 6.45) is 8.00. The number of hydrogen-bond donors (Lipinski definition) is 1. The van der Waals surface area contributed by atoms with Crippen LogP contribution in [0.15, 0.2) is 23.0 Å². The van der Waals surface area contributed by atoms with Gasteiger partial charge in [-0.3, -0.25) is 4.79 Å². The van der Waals surface area contributed by atoms with Crippen molar-refractivity contribution in [3.05, 3.63) is 24.2 Å². The molecule has 1 aromatic heterocycles. The highest BCUT2D eigenvalue weighted by Gasteiger charge is 2.31. The van der Waals surface area contributed by atoms with Gasteiger partial charge in [0, 0.05) is 19.1 Å². The molecule has 0 aliphatic carbocycles. The zero-order valence-corrected chi connectivity index (χ0v) is 10.6. The molecule has 1 amide bonds. The van der Waals surface area contributed by atoms with E-state index in [1.165, 1.54) is 19.3 Å². The van der Waals surface area contributed by atoms with Crippen LogP contribution >= 0.6 is 0 Å². The molecule has 4 nitrogen and oxygen atoms in total. The third kappa shape index (κ3) is 2.29. The highest BCUT2D eigenvalue weighted by Crippen LogP contribution is 2.25. The van der Waals surface area contributed by atoms with Crippen LogP contribution in [0, 0.1) is 5.92 Å². The summed E-state index contributed by atoms with van der Waals surface area (Å²) in [5, 5.41) is 3.56. The summed E-state index contributed by atoms with van der Waals surface area (Å²) < 4.78 is 4.99. The average molecular weight is 248 g/mol. The first-order valence-electron chi connectivity index (χ1n) is 6.89. The monoisotopic (exact) mass is 248 g/mol. The van der Waals surface area contributed by atoms with Crippen molar-refractivity contribution < 1.29 is 9.21 Å². The van der Waals surface area contributed by atoms with Gasteiger partial charge in [0.05, 0.1) is 11.8 Å². The Morgan fingerprint density at radius 1 is 1.39 bits per heavy atom. The molecule has 2 fully saturated rings. The number of likely N-dealkylation sites (tertiary alicyclic amines) is 1. The van der Waals surface area contributed by atoms with Crippen LogP contribution in [-0.4, -0.2) is 36.5 Å². The summed E-state index contributed by atoms with van der Waals surface area (Å²) in [5.41, 5.74) is 0.676. The summed E-state index contributed by atoms with van der Waals surface area (Å²) in [7, 11) is 0. The van der Waals surface area contributed by atoms with Gasteiger partial charge in [0.15, 0.2) is 0 Å². The Hall–Kier alpha value is -1.29. The molecule has 0 saturated carbocycles. The number of piperidine rings is 1. The van der Waals surface area contributed by atoms with Gasteiger partial charge in [-0.2, -0.15) is 0 Å². The minimum atomic E-state index is 0.117. The molecule has 2 saturated heterocycles. The van der Waals surface area contributed by atoms with Crippen molar-refractivity contribution >= 4 is 5.91 Å². The number of nitrogens with one attached hydrogen (secondary N) is 1. The van der Waals surface area contributed by atoms with Crippen molar-refractivity contribution in [3.63, 3.8) is 0 Å². The SMILES string of the molecule is O=C(c1ccoc1)N1CCCC(C2CCCN2)C1. The van der Waals surface area contributed by atoms with Crippen LogP contribution in [0.5, 0.6) is 0 Å². The van der Waals surface area contributed by atoms with E-state index < -0.39 is 0 Å². The van der Waals surface area contributed by atoms with E-state index in [4.69, 9.17) is 4.42 Å². The lowest BCUT2D eigenvalue weighted by molar-refractivity contribution is 0.0650. The third-order valence-electron chi connectivity index (χ3n) is 4.18. The molecule has 2 aliphatic heterocycles. The first-order valence-corrected chi connectivity index (χ1v) is 6.89. The fourth-order valence-corrected chi connectivity index (χ4v) is 3.21. The minimum Gasteiger partial charge on any atom is -0.472 e. The molecular weight excluding hydrogens is 228 g/mol. The van der Waals surface area contributed by atoms with Crippen LogP contribution in [0.3, 0.4) is 0 Å². The minimum absolute atomic E-state index is 0.117. The molecule has 0 radical (unpaired) electrons. The van der Waals surface area contributed by atoms with Crippen molar-refractivity contribution in [1.82, 2.24) is 10.2 Å². The largest absolute Gasteiger partial charge is 0.472 e. The lowest BCUT2D eigenvalue weighted by Crippen LogP contribution is -2.45. The Bertz CT molecular complexity index is 396. The predicted molar refractivity (Wildman–Crippen MR) is 68.4 cm³/mol. The Morgan fingerprint density at radius 2 is 2.33 bits per heavy atom. The van der Waals surface area contributed by atoms with E-state index in [0.29, 0.717) is 17.5 Å². The van der Waals surface area contributed by atoms with Gasteiger partial charge >= 0.3 is 0 Å². The van der Waals surface area contributed by atoms with E-state index >= 15 is 0 Å². The highest BCUT2D eigenvalue weighted by atomic mass is 16.3. The second-order valence-electron chi connectivity index (χ2n) is 5.37. The molecule has 2 unspecified atom stereocenters. The van der Waals surface area contributed by atoms with E-state index in [1.807, 2.05) is 4.90 Å². The molecule has 4 heteroatoms. The highest BCUT2D eigenvalue weighted by molar-refractivity contribution is 5.93.